The zero-order chi connectivity index (χ0) is 25.4. The van der Waals surface area contributed by atoms with E-state index in [-0.39, 0.29) is 23.7 Å². The van der Waals surface area contributed by atoms with E-state index in [4.69, 9.17) is 9.47 Å². The zero-order valence-electron chi connectivity index (χ0n) is 20.8. The number of rotatable bonds is 5. The Kier molecular flexibility index (Phi) is 7.18. The molecule has 1 aromatic carbocycles. The first-order valence-electron chi connectivity index (χ1n) is 11.8. The van der Waals surface area contributed by atoms with E-state index in [0.717, 1.165) is 11.6 Å². The SMILES string of the molecule is C/C=C(/C)C(=O)O[C@@H]1C[C@@](O)(C(C)C)[C@@H]2[C@@H](OC(=O)c3ccc(O)c(O)c3)CC(C)=CC[C@]21C. The molecule has 3 rings (SSSR count). The molecule has 2 aliphatic carbocycles. The molecule has 1 fully saturated rings. The van der Waals surface area contributed by atoms with Crippen LogP contribution in [0.2, 0.25) is 0 Å². The van der Waals surface area contributed by atoms with Gasteiger partial charge >= 0.3 is 11.9 Å². The number of benzene rings is 1. The van der Waals surface area contributed by atoms with Gasteiger partial charge in [0.05, 0.1) is 11.2 Å². The van der Waals surface area contributed by atoms with E-state index in [2.05, 4.69) is 6.08 Å². The Morgan fingerprint density at radius 2 is 1.85 bits per heavy atom. The van der Waals surface area contributed by atoms with Gasteiger partial charge in [0, 0.05) is 29.7 Å². The van der Waals surface area contributed by atoms with Crippen LogP contribution in [0.5, 0.6) is 11.5 Å². The molecule has 0 heterocycles. The van der Waals surface area contributed by atoms with Gasteiger partial charge in [0.25, 0.3) is 0 Å². The van der Waals surface area contributed by atoms with Crippen molar-refractivity contribution in [3.8, 4) is 11.5 Å². The maximum absolute atomic E-state index is 13.0. The summed E-state index contributed by atoms with van der Waals surface area (Å²) in [6, 6.07) is 3.76. The Hall–Kier alpha value is -2.80. The fourth-order valence-electron chi connectivity index (χ4n) is 5.42. The molecule has 0 aliphatic heterocycles. The molecule has 2 aliphatic rings. The molecule has 7 heteroatoms. The van der Waals surface area contributed by atoms with Crippen LogP contribution in [0.3, 0.4) is 0 Å². The molecule has 0 aromatic heterocycles. The fourth-order valence-corrected chi connectivity index (χ4v) is 5.42. The number of fused-ring (bicyclic) bond motifs is 1. The molecule has 0 amide bonds. The van der Waals surface area contributed by atoms with Gasteiger partial charge in [-0.3, -0.25) is 0 Å². The van der Waals surface area contributed by atoms with E-state index < -0.39 is 46.8 Å². The number of esters is 2. The summed E-state index contributed by atoms with van der Waals surface area (Å²) in [5.41, 5.74) is -0.286. The molecule has 0 bridgehead atoms. The third kappa shape index (κ3) is 4.58. The smallest absolute Gasteiger partial charge is 0.338 e. The molecule has 0 saturated heterocycles. The van der Waals surface area contributed by atoms with Crippen LogP contribution in [0.25, 0.3) is 0 Å². The molecule has 1 saturated carbocycles. The number of phenolic OH excluding ortho intramolecular Hbond substituents is 2. The van der Waals surface area contributed by atoms with Crippen molar-refractivity contribution in [3.05, 3.63) is 47.1 Å². The summed E-state index contributed by atoms with van der Waals surface area (Å²) in [4.78, 5) is 25.7. The zero-order valence-corrected chi connectivity index (χ0v) is 20.8. The summed E-state index contributed by atoms with van der Waals surface area (Å²) in [6.07, 6.45) is 3.78. The van der Waals surface area contributed by atoms with Crippen LogP contribution in [-0.4, -0.2) is 45.1 Å². The number of allylic oxidation sites excluding steroid dienone is 2. The predicted octanol–water partition coefficient (Wildman–Crippen LogP) is 4.65. The van der Waals surface area contributed by atoms with Gasteiger partial charge in [-0.25, -0.2) is 9.59 Å². The van der Waals surface area contributed by atoms with Crippen molar-refractivity contribution in [1.29, 1.82) is 0 Å². The number of hydrogen-bond donors (Lipinski definition) is 3. The van der Waals surface area contributed by atoms with Crippen molar-refractivity contribution in [2.45, 2.75) is 78.6 Å². The maximum atomic E-state index is 13.0. The Balaban J connectivity index is 2.01. The average Bonchev–Trinajstić information content (AvgIpc) is 2.91. The minimum absolute atomic E-state index is 0.0978. The highest BCUT2D eigenvalue weighted by molar-refractivity contribution is 5.90. The third-order valence-corrected chi connectivity index (χ3v) is 7.76. The number of phenols is 2. The lowest BCUT2D eigenvalue weighted by molar-refractivity contribution is -0.151. The van der Waals surface area contributed by atoms with Crippen LogP contribution in [-0.2, 0) is 14.3 Å². The first-order chi connectivity index (χ1) is 15.8. The van der Waals surface area contributed by atoms with Gasteiger partial charge in [0.2, 0.25) is 0 Å². The van der Waals surface area contributed by atoms with Crippen LogP contribution in [0.4, 0.5) is 0 Å². The van der Waals surface area contributed by atoms with Crippen LogP contribution in [0, 0.1) is 17.3 Å². The van der Waals surface area contributed by atoms with Gasteiger partial charge in [-0.2, -0.15) is 0 Å². The van der Waals surface area contributed by atoms with Crippen LogP contribution in [0.1, 0.15) is 71.2 Å². The molecule has 0 spiro atoms. The molecule has 186 valence electrons. The highest BCUT2D eigenvalue weighted by Gasteiger charge is 2.65. The van der Waals surface area contributed by atoms with Gasteiger partial charge < -0.3 is 24.8 Å². The molecule has 34 heavy (non-hydrogen) atoms. The van der Waals surface area contributed by atoms with E-state index in [1.165, 1.54) is 12.1 Å². The number of carbonyl (C=O) groups is 2. The van der Waals surface area contributed by atoms with Crippen LogP contribution in [0.15, 0.2) is 41.5 Å². The highest BCUT2D eigenvalue weighted by atomic mass is 16.6. The number of carbonyl (C=O) groups excluding carboxylic acids is 2. The first kappa shape index (κ1) is 25.8. The molecule has 7 nitrogen and oxygen atoms in total. The van der Waals surface area contributed by atoms with E-state index in [9.17, 15) is 24.9 Å². The topological polar surface area (TPSA) is 113 Å². The summed E-state index contributed by atoms with van der Waals surface area (Å²) in [7, 11) is 0. The van der Waals surface area contributed by atoms with E-state index >= 15 is 0 Å². The van der Waals surface area contributed by atoms with Crippen LogP contribution >= 0.6 is 0 Å². The summed E-state index contributed by atoms with van der Waals surface area (Å²) >= 11 is 0. The normalized spacial score (nSPS) is 31.5. The second kappa shape index (κ2) is 9.45. The Labute approximate surface area is 201 Å². The lowest BCUT2D eigenvalue weighted by atomic mass is 9.67. The van der Waals surface area contributed by atoms with Gasteiger partial charge in [0.15, 0.2) is 11.5 Å². The molecule has 5 atom stereocenters. The van der Waals surface area contributed by atoms with E-state index in [1.807, 2.05) is 27.7 Å². The number of hydrogen-bond acceptors (Lipinski definition) is 7. The molecule has 1 aromatic rings. The highest BCUT2D eigenvalue weighted by Crippen LogP contribution is 2.59. The predicted molar refractivity (Wildman–Crippen MR) is 127 cm³/mol. The lowest BCUT2D eigenvalue weighted by Crippen LogP contribution is -2.50. The van der Waals surface area contributed by atoms with Crippen molar-refractivity contribution < 1.29 is 34.4 Å². The van der Waals surface area contributed by atoms with Gasteiger partial charge in [-0.15, -0.1) is 0 Å². The quantitative estimate of drug-likeness (QED) is 0.247. The molecule has 0 radical (unpaired) electrons. The number of aromatic hydroxyl groups is 2. The second-order valence-corrected chi connectivity index (χ2v) is 10.3. The Morgan fingerprint density at radius 3 is 2.44 bits per heavy atom. The summed E-state index contributed by atoms with van der Waals surface area (Å²) < 4.78 is 11.9. The average molecular weight is 473 g/mol. The monoisotopic (exact) mass is 472 g/mol. The van der Waals surface area contributed by atoms with Crippen molar-refractivity contribution in [2.75, 3.05) is 0 Å². The molecule has 0 unspecified atom stereocenters. The van der Waals surface area contributed by atoms with Crippen molar-refractivity contribution in [1.82, 2.24) is 0 Å². The first-order valence-corrected chi connectivity index (χ1v) is 11.8. The van der Waals surface area contributed by atoms with Crippen LogP contribution < -0.4 is 0 Å². The van der Waals surface area contributed by atoms with Gasteiger partial charge in [-0.1, -0.05) is 38.5 Å². The third-order valence-electron chi connectivity index (χ3n) is 7.76. The fraction of sp³-hybridized carbons (Fsp3) is 0.556. The maximum Gasteiger partial charge on any atom is 0.338 e. The summed E-state index contributed by atoms with van der Waals surface area (Å²) in [5.74, 6) is -2.49. The van der Waals surface area contributed by atoms with E-state index in [0.29, 0.717) is 18.4 Å². The van der Waals surface area contributed by atoms with Crippen molar-refractivity contribution in [2.24, 2.45) is 17.3 Å². The summed E-state index contributed by atoms with van der Waals surface area (Å²) in [6.45, 7) is 11.3. The minimum atomic E-state index is -1.23. The van der Waals surface area contributed by atoms with Crippen molar-refractivity contribution >= 4 is 11.9 Å². The number of aliphatic hydroxyl groups is 1. The summed E-state index contributed by atoms with van der Waals surface area (Å²) in [5, 5.41) is 31.3. The molecule has 3 N–H and O–H groups in total. The number of ether oxygens (including phenoxy) is 2. The second-order valence-electron chi connectivity index (χ2n) is 10.3. The standard InChI is InChI=1S/C27H36O7/c1-7-17(5)24(30)34-22-14-27(32,15(2)3)23-21(12-16(4)10-11-26(22,23)6)33-25(31)18-8-9-19(28)20(29)13-18/h7-10,13,15,21-23,28-29,32H,11-12,14H2,1-6H3/b17-7-/t21-,22+,23+,26-,27+/m0/s1. The lowest BCUT2D eigenvalue weighted by Gasteiger charge is -2.43. The van der Waals surface area contributed by atoms with Crippen molar-refractivity contribution in [3.63, 3.8) is 0 Å². The molecular formula is C27H36O7. The minimum Gasteiger partial charge on any atom is -0.504 e. The van der Waals surface area contributed by atoms with Gasteiger partial charge in [0.1, 0.15) is 12.2 Å². The van der Waals surface area contributed by atoms with E-state index in [1.54, 1.807) is 19.9 Å². The van der Waals surface area contributed by atoms with Gasteiger partial charge in [-0.05, 0) is 51.3 Å². The molecular weight excluding hydrogens is 436 g/mol. The largest absolute Gasteiger partial charge is 0.504 e. The Bertz CT molecular complexity index is 1020. The Morgan fingerprint density at radius 1 is 1.18 bits per heavy atom.